The molecule has 1 aromatic rings. The van der Waals surface area contributed by atoms with Gasteiger partial charge in [0.1, 0.15) is 0 Å². The van der Waals surface area contributed by atoms with Gasteiger partial charge in [-0.3, -0.25) is 0 Å². The molecule has 5 heteroatoms. The van der Waals surface area contributed by atoms with Crippen molar-refractivity contribution in [3.05, 3.63) is 33.8 Å². The van der Waals surface area contributed by atoms with E-state index in [1.165, 1.54) is 6.07 Å². The Bertz CT molecular complexity index is 451. The summed E-state index contributed by atoms with van der Waals surface area (Å²) in [6.07, 6.45) is -2.83. The first kappa shape index (κ1) is 13.9. The van der Waals surface area contributed by atoms with E-state index in [9.17, 15) is 13.6 Å². The summed E-state index contributed by atoms with van der Waals surface area (Å²) in [5, 5.41) is 9.03. The number of carboxylic acids is 1. The largest absolute Gasteiger partial charge is 0.478 e. The van der Waals surface area contributed by atoms with E-state index in [4.69, 9.17) is 16.7 Å². The van der Waals surface area contributed by atoms with E-state index in [-0.39, 0.29) is 5.02 Å². The first-order valence-corrected chi connectivity index (χ1v) is 5.37. The van der Waals surface area contributed by atoms with Crippen molar-refractivity contribution in [2.45, 2.75) is 32.6 Å². The van der Waals surface area contributed by atoms with Crippen molar-refractivity contribution in [2.75, 3.05) is 0 Å². The molecule has 0 saturated heterocycles. The number of alkyl halides is 2. The molecule has 0 unspecified atom stereocenters. The number of hydrogen-bond acceptors (Lipinski definition) is 1. The third-order valence-corrected chi connectivity index (χ3v) is 2.73. The Balaban J connectivity index is 3.51. The van der Waals surface area contributed by atoms with Gasteiger partial charge >= 0.3 is 5.97 Å². The maximum atomic E-state index is 12.8. The number of benzene rings is 1. The zero-order valence-electron chi connectivity index (χ0n) is 9.72. The minimum Gasteiger partial charge on any atom is -0.478 e. The normalized spacial score (nSPS) is 11.9. The molecule has 0 radical (unpaired) electrons. The van der Waals surface area contributed by atoms with Gasteiger partial charge in [0.05, 0.1) is 5.56 Å². The maximum absolute atomic E-state index is 12.8. The molecule has 17 heavy (non-hydrogen) atoms. The second-order valence-corrected chi connectivity index (χ2v) is 5.18. The Labute approximate surface area is 103 Å². The summed E-state index contributed by atoms with van der Waals surface area (Å²) < 4.78 is 25.6. The minimum atomic E-state index is -2.83. The molecule has 2 nitrogen and oxygen atoms in total. The Morgan fingerprint density at radius 1 is 1.35 bits per heavy atom. The Kier molecular flexibility index (Phi) is 3.77. The summed E-state index contributed by atoms with van der Waals surface area (Å²) in [5.74, 6) is -1.40. The van der Waals surface area contributed by atoms with Crippen LogP contribution in [0.15, 0.2) is 12.1 Å². The highest BCUT2D eigenvalue weighted by molar-refractivity contribution is 6.31. The highest BCUT2D eigenvalue weighted by Gasteiger charge is 2.25. The molecule has 0 aliphatic rings. The fourth-order valence-electron chi connectivity index (χ4n) is 1.53. The number of halogens is 3. The van der Waals surface area contributed by atoms with Crippen LogP contribution in [0.25, 0.3) is 0 Å². The summed E-state index contributed by atoms with van der Waals surface area (Å²) in [5.41, 5.74) is -0.845. The highest BCUT2D eigenvalue weighted by atomic mass is 35.5. The van der Waals surface area contributed by atoms with Crippen LogP contribution in [0, 0.1) is 0 Å². The van der Waals surface area contributed by atoms with Crippen LogP contribution < -0.4 is 0 Å². The molecule has 0 bridgehead atoms. The Morgan fingerprint density at radius 3 is 2.24 bits per heavy atom. The first-order chi connectivity index (χ1) is 7.64. The van der Waals surface area contributed by atoms with E-state index in [1.807, 2.05) is 20.8 Å². The summed E-state index contributed by atoms with van der Waals surface area (Å²) in [4.78, 5) is 10.8. The second kappa shape index (κ2) is 4.61. The van der Waals surface area contributed by atoms with Crippen LogP contribution in [-0.2, 0) is 5.41 Å². The molecular weight excluding hydrogens is 250 g/mol. The van der Waals surface area contributed by atoms with Gasteiger partial charge in [-0.25, -0.2) is 13.6 Å². The fourth-order valence-corrected chi connectivity index (χ4v) is 1.98. The van der Waals surface area contributed by atoms with Crippen molar-refractivity contribution in [3.63, 3.8) is 0 Å². The molecular formula is C12H13ClF2O2. The third-order valence-electron chi connectivity index (χ3n) is 2.41. The van der Waals surface area contributed by atoms with Crippen LogP contribution in [0.3, 0.4) is 0 Å². The summed E-state index contributed by atoms with van der Waals surface area (Å²) in [6, 6.07) is 2.27. The standard InChI is InChI=1S/C12H13ClF2O2/c1-12(2,3)8-4-6(10(14)15)7(11(16)17)5-9(8)13/h4-5,10H,1-3H3,(H,16,17). The molecule has 0 fully saturated rings. The molecule has 0 aromatic heterocycles. The van der Waals surface area contributed by atoms with Crippen molar-refractivity contribution >= 4 is 17.6 Å². The van der Waals surface area contributed by atoms with E-state index >= 15 is 0 Å². The molecule has 0 amide bonds. The lowest BCUT2D eigenvalue weighted by Gasteiger charge is -2.22. The van der Waals surface area contributed by atoms with Gasteiger partial charge in [0.25, 0.3) is 6.43 Å². The number of carbonyl (C=O) groups is 1. The van der Waals surface area contributed by atoms with Gasteiger partial charge in [0, 0.05) is 10.6 Å². The van der Waals surface area contributed by atoms with Crippen LogP contribution in [0.4, 0.5) is 8.78 Å². The summed E-state index contributed by atoms with van der Waals surface area (Å²) in [6.45, 7) is 5.47. The molecule has 0 aliphatic carbocycles. The SMILES string of the molecule is CC(C)(C)c1cc(C(F)F)c(C(=O)O)cc1Cl. The molecule has 1 rings (SSSR count). The smallest absolute Gasteiger partial charge is 0.336 e. The Morgan fingerprint density at radius 2 is 1.88 bits per heavy atom. The lowest BCUT2D eigenvalue weighted by Crippen LogP contribution is -2.14. The molecule has 1 N–H and O–H groups in total. The highest BCUT2D eigenvalue weighted by Crippen LogP contribution is 2.35. The predicted octanol–water partition coefficient (Wildman–Crippen LogP) is 4.27. The Hall–Kier alpha value is -1.16. The first-order valence-electron chi connectivity index (χ1n) is 5.00. The van der Waals surface area contributed by atoms with Crippen molar-refractivity contribution in [3.8, 4) is 0 Å². The van der Waals surface area contributed by atoms with Crippen molar-refractivity contribution in [1.82, 2.24) is 0 Å². The number of rotatable bonds is 2. The average molecular weight is 263 g/mol. The second-order valence-electron chi connectivity index (χ2n) is 4.78. The molecule has 94 valence electrons. The summed E-state index contributed by atoms with van der Waals surface area (Å²) in [7, 11) is 0. The molecule has 0 aliphatic heterocycles. The molecule has 0 spiro atoms. The van der Waals surface area contributed by atoms with Gasteiger partial charge in [-0.15, -0.1) is 0 Å². The topological polar surface area (TPSA) is 37.3 Å². The van der Waals surface area contributed by atoms with E-state index < -0.39 is 28.9 Å². The van der Waals surface area contributed by atoms with Crippen molar-refractivity contribution in [1.29, 1.82) is 0 Å². The number of hydrogen-bond donors (Lipinski definition) is 1. The maximum Gasteiger partial charge on any atom is 0.336 e. The monoisotopic (exact) mass is 262 g/mol. The van der Waals surface area contributed by atoms with Gasteiger partial charge in [0.2, 0.25) is 0 Å². The van der Waals surface area contributed by atoms with Crippen LogP contribution in [0.1, 0.15) is 48.7 Å². The van der Waals surface area contributed by atoms with Crippen LogP contribution in [0.5, 0.6) is 0 Å². The van der Waals surface area contributed by atoms with Crippen LogP contribution >= 0.6 is 11.6 Å². The van der Waals surface area contributed by atoms with E-state index in [2.05, 4.69) is 0 Å². The minimum absolute atomic E-state index is 0.194. The van der Waals surface area contributed by atoms with Crippen LogP contribution in [0.2, 0.25) is 5.02 Å². The number of aromatic carboxylic acids is 1. The number of carboxylic acid groups (broad SMARTS) is 1. The molecule has 1 aromatic carbocycles. The third kappa shape index (κ3) is 2.94. The van der Waals surface area contributed by atoms with Crippen LogP contribution in [-0.4, -0.2) is 11.1 Å². The van der Waals surface area contributed by atoms with E-state index in [0.717, 1.165) is 6.07 Å². The van der Waals surface area contributed by atoms with Crippen molar-refractivity contribution in [2.24, 2.45) is 0 Å². The quantitative estimate of drug-likeness (QED) is 0.864. The molecule has 0 saturated carbocycles. The van der Waals surface area contributed by atoms with Gasteiger partial charge in [0.15, 0.2) is 0 Å². The fraction of sp³-hybridized carbons (Fsp3) is 0.417. The predicted molar refractivity (Wildman–Crippen MR) is 62.1 cm³/mol. The average Bonchev–Trinajstić information content (AvgIpc) is 2.14. The van der Waals surface area contributed by atoms with Crippen molar-refractivity contribution < 1.29 is 18.7 Å². The lowest BCUT2D eigenvalue weighted by molar-refractivity contribution is 0.0684. The van der Waals surface area contributed by atoms with E-state index in [1.54, 1.807) is 0 Å². The van der Waals surface area contributed by atoms with E-state index in [0.29, 0.717) is 5.56 Å². The lowest BCUT2D eigenvalue weighted by atomic mass is 9.85. The molecule has 0 atom stereocenters. The van der Waals surface area contributed by atoms with Gasteiger partial charge in [-0.1, -0.05) is 32.4 Å². The van der Waals surface area contributed by atoms with Gasteiger partial charge in [-0.05, 0) is 23.1 Å². The zero-order chi connectivity index (χ0) is 13.4. The van der Waals surface area contributed by atoms with Gasteiger partial charge in [-0.2, -0.15) is 0 Å². The van der Waals surface area contributed by atoms with Gasteiger partial charge < -0.3 is 5.11 Å². The zero-order valence-corrected chi connectivity index (χ0v) is 10.5. The summed E-state index contributed by atoms with van der Waals surface area (Å²) >= 11 is 5.93. The molecule has 0 heterocycles.